The van der Waals surface area contributed by atoms with Gasteiger partial charge in [-0.1, -0.05) is 18.2 Å². The predicted molar refractivity (Wildman–Crippen MR) is 117 cm³/mol. The van der Waals surface area contributed by atoms with Crippen molar-refractivity contribution >= 4 is 17.5 Å². The normalized spacial score (nSPS) is 23.2. The number of benzene rings is 2. The van der Waals surface area contributed by atoms with Crippen LogP contribution in [0, 0.1) is 23.5 Å². The standard InChI is InChI=1S/C24H27F2N3O4/c25-21-9-7-18(15-22(21)26)33-17-6-8-19(20(14-17)23(30)27-32)24(31)29-12-10-28(11-13-29)16-4-2-1-3-5-16/h1-5,7,9,15,17,19-20,32H,6,8,10-14H2,(H,27,30)/t17-,19+,20+/m1/s1. The van der Waals surface area contributed by atoms with Gasteiger partial charge in [-0.15, -0.1) is 0 Å². The lowest BCUT2D eigenvalue weighted by atomic mass is 9.76. The molecule has 0 radical (unpaired) electrons. The van der Waals surface area contributed by atoms with E-state index >= 15 is 0 Å². The summed E-state index contributed by atoms with van der Waals surface area (Å²) in [6, 6.07) is 13.2. The van der Waals surface area contributed by atoms with Crippen LogP contribution in [0.15, 0.2) is 48.5 Å². The Balaban J connectivity index is 1.39. The van der Waals surface area contributed by atoms with E-state index in [2.05, 4.69) is 4.90 Å². The summed E-state index contributed by atoms with van der Waals surface area (Å²) >= 11 is 0. The Kier molecular flexibility index (Phi) is 7.08. The molecular formula is C24H27F2N3O4. The summed E-state index contributed by atoms with van der Waals surface area (Å²) in [4.78, 5) is 29.7. The molecule has 1 saturated heterocycles. The second-order valence-corrected chi connectivity index (χ2v) is 8.47. The van der Waals surface area contributed by atoms with Crippen molar-refractivity contribution < 1.29 is 28.3 Å². The van der Waals surface area contributed by atoms with Gasteiger partial charge in [-0.05, 0) is 43.5 Å². The number of rotatable bonds is 5. The highest BCUT2D eigenvalue weighted by Crippen LogP contribution is 2.35. The molecule has 1 aliphatic heterocycles. The van der Waals surface area contributed by atoms with Gasteiger partial charge in [0.15, 0.2) is 11.6 Å². The molecule has 4 rings (SSSR count). The van der Waals surface area contributed by atoms with Crippen molar-refractivity contribution in [3.8, 4) is 5.75 Å². The smallest absolute Gasteiger partial charge is 0.247 e. The largest absolute Gasteiger partial charge is 0.490 e. The Morgan fingerprint density at radius 3 is 2.33 bits per heavy atom. The molecule has 1 aliphatic carbocycles. The summed E-state index contributed by atoms with van der Waals surface area (Å²) < 4.78 is 32.4. The second kappa shape index (κ2) is 10.2. The topological polar surface area (TPSA) is 82.1 Å². The number of carbonyl (C=O) groups is 2. The molecular weight excluding hydrogens is 432 g/mol. The number of ether oxygens (including phenoxy) is 1. The number of carbonyl (C=O) groups excluding carboxylic acids is 2. The van der Waals surface area contributed by atoms with Gasteiger partial charge in [0.2, 0.25) is 11.8 Å². The lowest BCUT2D eigenvalue weighted by Crippen LogP contribution is -2.53. The number of anilines is 1. The minimum absolute atomic E-state index is 0.109. The van der Waals surface area contributed by atoms with Crippen LogP contribution < -0.4 is 15.1 Å². The number of hydroxylamine groups is 1. The van der Waals surface area contributed by atoms with Gasteiger partial charge in [-0.3, -0.25) is 14.8 Å². The predicted octanol–water partition coefficient (Wildman–Crippen LogP) is 2.98. The Labute approximate surface area is 190 Å². The Bertz CT molecular complexity index is 983. The Hall–Kier alpha value is -3.20. The van der Waals surface area contributed by atoms with E-state index in [1.807, 2.05) is 30.3 Å². The fourth-order valence-corrected chi connectivity index (χ4v) is 4.71. The first kappa shape index (κ1) is 23.0. The van der Waals surface area contributed by atoms with E-state index < -0.39 is 35.5 Å². The molecule has 2 N–H and O–H groups in total. The maximum absolute atomic E-state index is 13.5. The van der Waals surface area contributed by atoms with Crippen LogP contribution >= 0.6 is 0 Å². The van der Waals surface area contributed by atoms with Gasteiger partial charge in [0.25, 0.3) is 0 Å². The molecule has 2 fully saturated rings. The van der Waals surface area contributed by atoms with Gasteiger partial charge >= 0.3 is 0 Å². The van der Waals surface area contributed by atoms with Crippen molar-refractivity contribution in [2.24, 2.45) is 11.8 Å². The van der Waals surface area contributed by atoms with Gasteiger partial charge < -0.3 is 14.5 Å². The zero-order valence-electron chi connectivity index (χ0n) is 18.1. The third-order valence-corrected chi connectivity index (χ3v) is 6.47. The van der Waals surface area contributed by atoms with Crippen LogP contribution in [0.1, 0.15) is 19.3 Å². The van der Waals surface area contributed by atoms with Crippen molar-refractivity contribution in [1.29, 1.82) is 0 Å². The van der Waals surface area contributed by atoms with Crippen LogP contribution in [0.2, 0.25) is 0 Å². The van der Waals surface area contributed by atoms with Crippen LogP contribution in [0.5, 0.6) is 5.75 Å². The van der Waals surface area contributed by atoms with Gasteiger partial charge in [0.1, 0.15) is 5.75 Å². The van der Waals surface area contributed by atoms with Crippen molar-refractivity contribution in [1.82, 2.24) is 10.4 Å². The van der Waals surface area contributed by atoms with E-state index in [0.717, 1.165) is 17.8 Å². The number of nitrogens with zero attached hydrogens (tertiary/aromatic N) is 2. The zero-order chi connectivity index (χ0) is 23.4. The average Bonchev–Trinajstić information content (AvgIpc) is 2.86. The maximum Gasteiger partial charge on any atom is 0.247 e. The molecule has 0 bridgehead atoms. The monoisotopic (exact) mass is 459 g/mol. The number of halogens is 2. The lowest BCUT2D eigenvalue weighted by molar-refractivity contribution is -0.148. The SMILES string of the molecule is O=C(NO)[C@H]1C[C@H](Oc2ccc(F)c(F)c2)CC[C@@H]1C(=O)N1CCN(c2ccccc2)CC1. The molecule has 3 atom stereocenters. The summed E-state index contributed by atoms with van der Waals surface area (Å²) in [6.07, 6.45) is 0.598. The molecule has 176 valence electrons. The molecule has 0 aromatic heterocycles. The van der Waals surface area contributed by atoms with Crippen molar-refractivity contribution in [3.05, 3.63) is 60.2 Å². The second-order valence-electron chi connectivity index (χ2n) is 8.47. The molecule has 7 nitrogen and oxygen atoms in total. The highest BCUT2D eigenvalue weighted by atomic mass is 19.2. The van der Waals surface area contributed by atoms with Crippen molar-refractivity contribution in [3.63, 3.8) is 0 Å². The third kappa shape index (κ3) is 5.24. The highest BCUT2D eigenvalue weighted by Gasteiger charge is 2.42. The molecule has 2 aromatic rings. The highest BCUT2D eigenvalue weighted by molar-refractivity contribution is 5.87. The van der Waals surface area contributed by atoms with Crippen LogP contribution in [0.25, 0.3) is 0 Å². The van der Waals surface area contributed by atoms with Crippen LogP contribution in [0.3, 0.4) is 0 Å². The number of nitrogens with one attached hydrogen (secondary N) is 1. The van der Waals surface area contributed by atoms with Gasteiger partial charge in [0.05, 0.1) is 17.9 Å². The molecule has 33 heavy (non-hydrogen) atoms. The minimum atomic E-state index is -1.02. The fourth-order valence-electron chi connectivity index (χ4n) is 4.71. The quantitative estimate of drug-likeness (QED) is 0.531. The first-order chi connectivity index (χ1) is 16.0. The summed E-state index contributed by atoms with van der Waals surface area (Å²) in [5.41, 5.74) is 2.78. The molecule has 9 heteroatoms. The van der Waals surface area contributed by atoms with Gasteiger partial charge in [-0.2, -0.15) is 0 Å². The maximum atomic E-state index is 13.5. The minimum Gasteiger partial charge on any atom is -0.490 e. The zero-order valence-corrected chi connectivity index (χ0v) is 18.1. The number of hydrogen-bond donors (Lipinski definition) is 2. The molecule has 0 spiro atoms. The lowest BCUT2D eigenvalue weighted by Gasteiger charge is -2.40. The number of piperazine rings is 1. The molecule has 2 amide bonds. The summed E-state index contributed by atoms with van der Waals surface area (Å²) in [5.74, 6) is -3.94. The first-order valence-corrected chi connectivity index (χ1v) is 11.1. The van der Waals surface area contributed by atoms with E-state index in [9.17, 15) is 23.6 Å². The van der Waals surface area contributed by atoms with Gasteiger partial charge in [0, 0.05) is 37.9 Å². The Morgan fingerprint density at radius 2 is 1.67 bits per heavy atom. The van der Waals surface area contributed by atoms with E-state index in [4.69, 9.17) is 4.74 Å². The van der Waals surface area contributed by atoms with E-state index in [1.54, 1.807) is 10.4 Å². The van der Waals surface area contributed by atoms with Crippen LogP contribution in [-0.2, 0) is 9.59 Å². The van der Waals surface area contributed by atoms with Crippen molar-refractivity contribution in [2.45, 2.75) is 25.4 Å². The average molecular weight is 459 g/mol. The first-order valence-electron chi connectivity index (χ1n) is 11.1. The van der Waals surface area contributed by atoms with E-state index in [1.165, 1.54) is 6.07 Å². The fraction of sp³-hybridized carbons (Fsp3) is 0.417. The molecule has 1 saturated carbocycles. The number of hydrogen-bond acceptors (Lipinski definition) is 5. The number of amides is 2. The molecule has 0 unspecified atom stereocenters. The molecule has 2 aromatic carbocycles. The molecule has 2 aliphatic rings. The third-order valence-electron chi connectivity index (χ3n) is 6.47. The van der Waals surface area contributed by atoms with E-state index in [0.29, 0.717) is 39.0 Å². The summed E-state index contributed by atoms with van der Waals surface area (Å²) in [5, 5.41) is 9.24. The molecule has 1 heterocycles. The van der Waals surface area contributed by atoms with Crippen molar-refractivity contribution in [2.75, 3.05) is 31.1 Å². The van der Waals surface area contributed by atoms with E-state index in [-0.39, 0.29) is 18.1 Å². The summed E-state index contributed by atoms with van der Waals surface area (Å²) in [7, 11) is 0. The number of para-hydroxylation sites is 1. The van der Waals surface area contributed by atoms with Crippen LogP contribution in [0.4, 0.5) is 14.5 Å². The van der Waals surface area contributed by atoms with Crippen LogP contribution in [-0.4, -0.2) is 54.2 Å². The van der Waals surface area contributed by atoms with Gasteiger partial charge in [-0.25, -0.2) is 14.3 Å². The Morgan fingerprint density at radius 1 is 0.939 bits per heavy atom. The summed E-state index contributed by atoms with van der Waals surface area (Å²) in [6.45, 7) is 2.49.